The highest BCUT2D eigenvalue weighted by Crippen LogP contribution is 2.12. The van der Waals surface area contributed by atoms with Crippen LogP contribution >= 0.6 is 0 Å². The Hall–Kier alpha value is -1.13. The van der Waals surface area contributed by atoms with Crippen molar-refractivity contribution in [1.29, 1.82) is 0 Å². The number of hydrogen-bond acceptors (Lipinski definition) is 3. The summed E-state index contributed by atoms with van der Waals surface area (Å²) in [4.78, 5) is 18.3. The minimum absolute atomic E-state index is 0.00111. The van der Waals surface area contributed by atoms with Gasteiger partial charge in [-0.25, -0.2) is 5.06 Å². The Bertz CT molecular complexity index is 263. The Morgan fingerprint density at radius 2 is 2.53 bits per heavy atom. The molecule has 1 unspecified atom stereocenters. The lowest BCUT2D eigenvalue weighted by atomic mass is 10.1. The molecule has 0 saturated carbocycles. The van der Waals surface area contributed by atoms with E-state index < -0.39 is 0 Å². The van der Waals surface area contributed by atoms with Gasteiger partial charge in [0.05, 0.1) is 12.6 Å². The van der Waals surface area contributed by atoms with Crippen molar-refractivity contribution in [2.45, 2.75) is 13.0 Å². The minimum Gasteiger partial charge on any atom is -0.300 e. The van der Waals surface area contributed by atoms with Crippen molar-refractivity contribution >= 4 is 6.41 Å². The summed E-state index contributed by atoms with van der Waals surface area (Å²) in [6, 6.07) is 0.00111. The van der Waals surface area contributed by atoms with Crippen LogP contribution < -0.4 is 0 Å². The van der Waals surface area contributed by atoms with E-state index in [1.165, 1.54) is 10.6 Å². The fourth-order valence-corrected chi connectivity index (χ4v) is 1.74. The third kappa shape index (κ3) is 3.49. The van der Waals surface area contributed by atoms with Gasteiger partial charge in [-0.05, 0) is 14.0 Å². The number of rotatable bonds is 5. The van der Waals surface area contributed by atoms with Crippen molar-refractivity contribution in [1.82, 2.24) is 9.96 Å². The van der Waals surface area contributed by atoms with E-state index in [0.717, 1.165) is 19.5 Å². The Morgan fingerprint density at radius 3 is 3.07 bits per heavy atom. The number of likely N-dealkylation sites (N-methyl/N-ethyl adjacent to an activating group) is 1. The van der Waals surface area contributed by atoms with E-state index in [1.54, 1.807) is 6.08 Å². The Morgan fingerprint density at radius 1 is 1.80 bits per heavy atom. The van der Waals surface area contributed by atoms with E-state index in [1.807, 2.05) is 7.05 Å². The predicted octanol–water partition coefficient (Wildman–Crippen LogP) is 0.823. The average Bonchev–Trinajstić information content (AvgIpc) is 2.17. The van der Waals surface area contributed by atoms with E-state index in [0.29, 0.717) is 6.61 Å². The zero-order chi connectivity index (χ0) is 11.3. The molecule has 4 nitrogen and oxygen atoms in total. The monoisotopic (exact) mass is 210 g/mol. The molecule has 84 valence electrons. The van der Waals surface area contributed by atoms with Gasteiger partial charge in [-0.3, -0.25) is 14.5 Å². The molecule has 1 heterocycles. The molecule has 1 aliphatic heterocycles. The molecule has 0 aliphatic carbocycles. The SMILES string of the molecule is C=CCON(C=O)C1C=C(C)CN(C)C1. The average molecular weight is 210 g/mol. The summed E-state index contributed by atoms with van der Waals surface area (Å²) >= 11 is 0. The summed E-state index contributed by atoms with van der Waals surface area (Å²) < 4.78 is 0. The first kappa shape index (κ1) is 11.9. The number of nitrogens with zero attached hydrogens (tertiary/aromatic N) is 2. The predicted molar refractivity (Wildman–Crippen MR) is 59.1 cm³/mol. The highest BCUT2D eigenvalue weighted by atomic mass is 16.7. The van der Waals surface area contributed by atoms with Crippen molar-refractivity contribution < 1.29 is 9.63 Å². The smallest absolute Gasteiger partial charge is 0.233 e. The van der Waals surface area contributed by atoms with Gasteiger partial charge < -0.3 is 0 Å². The fraction of sp³-hybridized carbons (Fsp3) is 0.545. The number of carbonyl (C=O) groups excluding carboxylic acids is 1. The standard InChI is InChI=1S/C11H18N2O2/c1-4-5-15-13(9-14)11-6-10(2)7-12(3)8-11/h4,6,9,11H,1,5,7-8H2,2-3H3. The summed E-state index contributed by atoms with van der Waals surface area (Å²) in [7, 11) is 2.03. The van der Waals surface area contributed by atoms with Crippen LogP contribution in [0.1, 0.15) is 6.92 Å². The van der Waals surface area contributed by atoms with Gasteiger partial charge in [-0.15, -0.1) is 6.58 Å². The van der Waals surface area contributed by atoms with Crippen molar-refractivity contribution in [3.63, 3.8) is 0 Å². The van der Waals surface area contributed by atoms with E-state index >= 15 is 0 Å². The molecular formula is C11H18N2O2. The molecule has 1 aliphatic rings. The van der Waals surface area contributed by atoms with Gasteiger partial charge in [0.2, 0.25) is 6.41 Å². The fourth-order valence-electron chi connectivity index (χ4n) is 1.74. The van der Waals surface area contributed by atoms with Crippen LogP contribution in [-0.2, 0) is 9.63 Å². The molecule has 1 rings (SSSR count). The van der Waals surface area contributed by atoms with Crippen molar-refractivity contribution in [2.24, 2.45) is 0 Å². The molecule has 4 heteroatoms. The van der Waals surface area contributed by atoms with Crippen LogP contribution in [0.15, 0.2) is 24.3 Å². The molecule has 0 radical (unpaired) electrons. The molecule has 0 bridgehead atoms. The first-order chi connectivity index (χ1) is 7.17. The van der Waals surface area contributed by atoms with Crippen molar-refractivity contribution in [2.75, 3.05) is 26.7 Å². The van der Waals surface area contributed by atoms with Gasteiger partial charge in [0, 0.05) is 13.1 Å². The molecule has 0 aromatic heterocycles. The largest absolute Gasteiger partial charge is 0.300 e. The maximum atomic E-state index is 10.8. The molecule has 0 aromatic rings. The number of amides is 1. The molecule has 0 spiro atoms. The van der Waals surface area contributed by atoms with E-state index in [4.69, 9.17) is 4.84 Å². The summed E-state index contributed by atoms with van der Waals surface area (Å²) in [6.45, 7) is 7.70. The normalized spacial score (nSPS) is 22.0. The van der Waals surface area contributed by atoms with Crippen LogP contribution in [0.4, 0.5) is 0 Å². The quantitative estimate of drug-likeness (QED) is 0.383. The first-order valence-electron chi connectivity index (χ1n) is 5.00. The summed E-state index contributed by atoms with van der Waals surface area (Å²) in [5.74, 6) is 0. The number of hydrogen-bond donors (Lipinski definition) is 0. The van der Waals surface area contributed by atoms with Crippen LogP contribution in [-0.4, -0.2) is 49.2 Å². The van der Waals surface area contributed by atoms with E-state index in [9.17, 15) is 4.79 Å². The zero-order valence-electron chi connectivity index (χ0n) is 9.35. The molecule has 1 amide bonds. The second kappa shape index (κ2) is 5.68. The maximum Gasteiger partial charge on any atom is 0.233 e. The van der Waals surface area contributed by atoms with Crippen LogP contribution in [0.3, 0.4) is 0 Å². The van der Waals surface area contributed by atoms with Crippen molar-refractivity contribution in [3.8, 4) is 0 Å². The maximum absolute atomic E-state index is 10.8. The highest BCUT2D eigenvalue weighted by Gasteiger charge is 2.21. The molecule has 1 atom stereocenters. The summed E-state index contributed by atoms with van der Waals surface area (Å²) in [5, 5.41) is 1.35. The molecule has 15 heavy (non-hydrogen) atoms. The highest BCUT2D eigenvalue weighted by molar-refractivity contribution is 5.47. The van der Waals surface area contributed by atoms with Crippen LogP contribution in [0, 0.1) is 0 Å². The molecular weight excluding hydrogens is 192 g/mol. The Labute approximate surface area is 90.8 Å². The summed E-state index contributed by atoms with van der Waals surface area (Å²) in [5.41, 5.74) is 1.25. The molecule has 0 fully saturated rings. The van der Waals surface area contributed by atoms with Crippen LogP contribution in [0.2, 0.25) is 0 Å². The number of carbonyl (C=O) groups is 1. The van der Waals surface area contributed by atoms with E-state index in [-0.39, 0.29) is 6.04 Å². The summed E-state index contributed by atoms with van der Waals surface area (Å²) in [6.07, 6.45) is 4.41. The van der Waals surface area contributed by atoms with Crippen LogP contribution in [0.5, 0.6) is 0 Å². The van der Waals surface area contributed by atoms with Crippen molar-refractivity contribution in [3.05, 3.63) is 24.3 Å². The van der Waals surface area contributed by atoms with E-state index in [2.05, 4.69) is 24.5 Å². The second-order valence-corrected chi connectivity index (χ2v) is 3.83. The number of hydroxylamine groups is 2. The second-order valence-electron chi connectivity index (χ2n) is 3.83. The molecule has 0 saturated heterocycles. The minimum atomic E-state index is 0.00111. The molecule has 0 aromatic carbocycles. The Kier molecular flexibility index (Phi) is 4.52. The van der Waals surface area contributed by atoms with Gasteiger partial charge in [-0.2, -0.15) is 0 Å². The lowest BCUT2D eigenvalue weighted by molar-refractivity contribution is -0.177. The van der Waals surface area contributed by atoms with Gasteiger partial charge >= 0.3 is 0 Å². The van der Waals surface area contributed by atoms with Gasteiger partial charge in [-0.1, -0.05) is 17.7 Å². The lowest BCUT2D eigenvalue weighted by Gasteiger charge is -2.32. The van der Waals surface area contributed by atoms with Gasteiger partial charge in [0.25, 0.3) is 0 Å². The van der Waals surface area contributed by atoms with Gasteiger partial charge in [0.15, 0.2) is 0 Å². The van der Waals surface area contributed by atoms with Crippen LogP contribution in [0.25, 0.3) is 0 Å². The zero-order valence-corrected chi connectivity index (χ0v) is 9.35. The topological polar surface area (TPSA) is 32.8 Å². The third-order valence-corrected chi connectivity index (χ3v) is 2.27. The van der Waals surface area contributed by atoms with Gasteiger partial charge in [0.1, 0.15) is 0 Å². The first-order valence-corrected chi connectivity index (χ1v) is 5.00. The third-order valence-electron chi connectivity index (χ3n) is 2.27. The Balaban J connectivity index is 2.62. The lowest BCUT2D eigenvalue weighted by Crippen LogP contribution is -2.44. The molecule has 0 N–H and O–H groups in total.